The molecule has 3 N–H and O–H groups in total. The normalized spacial score (nSPS) is 16.2. The van der Waals surface area contributed by atoms with Crippen LogP contribution in [0.25, 0.3) is 0 Å². The van der Waals surface area contributed by atoms with E-state index in [-0.39, 0.29) is 11.9 Å². The number of rotatable bonds is 4. The average molecular weight is 247 g/mol. The Morgan fingerprint density at radius 3 is 3.06 bits per heavy atom. The van der Waals surface area contributed by atoms with Crippen molar-refractivity contribution in [3.63, 3.8) is 0 Å². The molecule has 1 aromatic rings. The lowest BCUT2D eigenvalue weighted by molar-refractivity contribution is -0.119. The zero-order chi connectivity index (χ0) is 13.1. The Balaban J connectivity index is 2.05. The maximum atomic E-state index is 10.9. The lowest BCUT2D eigenvalue weighted by atomic mass is 9.99. The molecule has 0 saturated carbocycles. The molecule has 1 aliphatic heterocycles. The molecule has 1 unspecified atom stereocenters. The molecule has 18 heavy (non-hydrogen) atoms. The molecule has 1 amide bonds. The molecular formula is C14H21N3O. The highest BCUT2D eigenvalue weighted by Crippen LogP contribution is 2.26. The van der Waals surface area contributed by atoms with Gasteiger partial charge in [-0.3, -0.25) is 4.79 Å². The summed E-state index contributed by atoms with van der Waals surface area (Å²) in [5.74, 6) is -0.312. The Hall–Kier alpha value is -1.55. The Bertz CT molecular complexity index is 445. The van der Waals surface area contributed by atoms with E-state index in [9.17, 15) is 4.79 Å². The van der Waals surface area contributed by atoms with Gasteiger partial charge in [-0.2, -0.15) is 0 Å². The van der Waals surface area contributed by atoms with Crippen molar-refractivity contribution >= 4 is 11.6 Å². The molecular weight excluding hydrogens is 226 g/mol. The van der Waals surface area contributed by atoms with Gasteiger partial charge in [0.1, 0.15) is 0 Å². The van der Waals surface area contributed by atoms with Crippen LogP contribution in [-0.4, -0.2) is 25.5 Å². The first-order valence-corrected chi connectivity index (χ1v) is 6.43. The Morgan fingerprint density at radius 2 is 2.33 bits per heavy atom. The lowest BCUT2D eigenvalue weighted by Crippen LogP contribution is -2.38. The number of nitrogens with one attached hydrogen (secondary N) is 1. The van der Waals surface area contributed by atoms with E-state index in [1.54, 1.807) is 6.92 Å². The summed E-state index contributed by atoms with van der Waals surface area (Å²) in [5.41, 5.74) is 9.15. The lowest BCUT2D eigenvalue weighted by Gasteiger charge is -2.28. The van der Waals surface area contributed by atoms with Crippen LogP contribution in [-0.2, 0) is 17.8 Å². The number of nitrogens with zero attached hydrogens (tertiary/aromatic N) is 1. The third-order valence-electron chi connectivity index (χ3n) is 3.53. The molecule has 0 spiro atoms. The number of nitrogens with two attached hydrogens (primary N) is 1. The highest BCUT2D eigenvalue weighted by Gasteiger charge is 2.14. The predicted molar refractivity (Wildman–Crippen MR) is 73.5 cm³/mol. The first kappa shape index (κ1) is 12.9. The average Bonchev–Trinajstić information content (AvgIpc) is 2.36. The van der Waals surface area contributed by atoms with Gasteiger partial charge in [0.25, 0.3) is 0 Å². The first-order chi connectivity index (χ1) is 8.58. The Morgan fingerprint density at radius 1 is 1.56 bits per heavy atom. The van der Waals surface area contributed by atoms with E-state index in [1.165, 1.54) is 23.2 Å². The molecule has 0 aliphatic carbocycles. The number of carbonyl (C=O) groups excluding carboxylic acids is 1. The summed E-state index contributed by atoms with van der Waals surface area (Å²) in [6.07, 6.45) is 2.34. The fourth-order valence-electron chi connectivity index (χ4n) is 2.32. The zero-order valence-corrected chi connectivity index (χ0v) is 11.1. The topological polar surface area (TPSA) is 58.4 Å². The van der Waals surface area contributed by atoms with Crippen LogP contribution < -0.4 is 16.0 Å². The summed E-state index contributed by atoms with van der Waals surface area (Å²) < 4.78 is 0. The highest BCUT2D eigenvalue weighted by molar-refractivity contribution is 5.79. The van der Waals surface area contributed by atoms with Crippen molar-refractivity contribution in [2.75, 3.05) is 18.5 Å². The van der Waals surface area contributed by atoms with Crippen LogP contribution in [0.15, 0.2) is 18.2 Å². The van der Waals surface area contributed by atoms with Gasteiger partial charge in [0.15, 0.2) is 0 Å². The van der Waals surface area contributed by atoms with Gasteiger partial charge in [-0.25, -0.2) is 0 Å². The van der Waals surface area contributed by atoms with Crippen molar-refractivity contribution < 1.29 is 4.79 Å². The van der Waals surface area contributed by atoms with Crippen LogP contribution in [0.1, 0.15) is 24.5 Å². The summed E-state index contributed by atoms with van der Waals surface area (Å²) in [5, 5.41) is 3.13. The third kappa shape index (κ3) is 2.82. The van der Waals surface area contributed by atoms with Gasteiger partial charge in [0.05, 0.1) is 6.04 Å². The Kier molecular flexibility index (Phi) is 3.87. The molecule has 0 fully saturated rings. The van der Waals surface area contributed by atoms with Crippen LogP contribution in [0.3, 0.4) is 0 Å². The van der Waals surface area contributed by atoms with Crippen molar-refractivity contribution in [3.8, 4) is 0 Å². The standard InChI is InChI=1S/C14H21N3O/c1-10(14(15)18)16-9-11-5-6-13-12(8-11)4-3-7-17(13)2/h5-6,8,10,16H,3-4,7,9H2,1-2H3,(H2,15,18). The molecule has 0 radical (unpaired) electrons. The molecule has 2 rings (SSSR count). The van der Waals surface area contributed by atoms with E-state index < -0.39 is 0 Å². The quantitative estimate of drug-likeness (QED) is 0.835. The van der Waals surface area contributed by atoms with Gasteiger partial charge in [-0.1, -0.05) is 12.1 Å². The number of anilines is 1. The number of primary amides is 1. The van der Waals surface area contributed by atoms with Gasteiger partial charge in [-0.15, -0.1) is 0 Å². The monoisotopic (exact) mass is 247 g/mol. The molecule has 0 bridgehead atoms. The number of amides is 1. The van der Waals surface area contributed by atoms with Crippen molar-refractivity contribution in [2.24, 2.45) is 5.73 Å². The van der Waals surface area contributed by atoms with Gasteiger partial charge < -0.3 is 16.0 Å². The second-order valence-corrected chi connectivity index (χ2v) is 4.99. The minimum atomic E-state index is -0.312. The summed E-state index contributed by atoms with van der Waals surface area (Å²) in [7, 11) is 2.13. The van der Waals surface area contributed by atoms with Gasteiger partial charge in [0.2, 0.25) is 5.91 Å². The molecule has 1 aromatic carbocycles. The maximum Gasteiger partial charge on any atom is 0.234 e. The van der Waals surface area contributed by atoms with Gasteiger partial charge in [-0.05, 0) is 37.0 Å². The zero-order valence-electron chi connectivity index (χ0n) is 11.1. The summed E-state index contributed by atoms with van der Waals surface area (Å²) in [6.45, 7) is 3.60. The third-order valence-corrected chi connectivity index (χ3v) is 3.53. The molecule has 1 atom stereocenters. The molecule has 1 heterocycles. The minimum absolute atomic E-state index is 0.288. The Labute approximate surface area is 108 Å². The van der Waals surface area contributed by atoms with E-state index in [0.29, 0.717) is 6.54 Å². The van der Waals surface area contributed by atoms with Crippen molar-refractivity contribution in [1.82, 2.24) is 5.32 Å². The smallest absolute Gasteiger partial charge is 0.234 e. The summed E-state index contributed by atoms with van der Waals surface area (Å²) in [4.78, 5) is 13.2. The van der Waals surface area contributed by atoms with Gasteiger partial charge >= 0.3 is 0 Å². The van der Waals surface area contributed by atoms with Crippen LogP contribution in [0, 0.1) is 0 Å². The SMILES string of the molecule is CC(NCc1ccc2c(c1)CCCN2C)C(N)=O. The van der Waals surface area contributed by atoms with Crippen LogP contribution >= 0.6 is 0 Å². The predicted octanol–water partition coefficient (Wildman–Crippen LogP) is 1.03. The van der Waals surface area contributed by atoms with E-state index >= 15 is 0 Å². The number of fused-ring (bicyclic) bond motifs is 1. The minimum Gasteiger partial charge on any atom is -0.374 e. The van der Waals surface area contributed by atoms with Crippen LogP contribution in [0.4, 0.5) is 5.69 Å². The first-order valence-electron chi connectivity index (χ1n) is 6.43. The molecule has 1 aliphatic rings. The second-order valence-electron chi connectivity index (χ2n) is 4.99. The number of aryl methyl sites for hydroxylation is 1. The summed E-state index contributed by atoms with van der Waals surface area (Å²) in [6, 6.07) is 6.22. The van der Waals surface area contributed by atoms with Crippen molar-refractivity contribution in [3.05, 3.63) is 29.3 Å². The van der Waals surface area contributed by atoms with E-state index in [4.69, 9.17) is 5.73 Å². The highest BCUT2D eigenvalue weighted by atomic mass is 16.1. The fourth-order valence-corrected chi connectivity index (χ4v) is 2.32. The fraction of sp³-hybridized carbons (Fsp3) is 0.500. The largest absolute Gasteiger partial charge is 0.374 e. The molecule has 98 valence electrons. The van der Waals surface area contributed by atoms with E-state index in [1.807, 2.05) is 0 Å². The maximum absolute atomic E-state index is 10.9. The number of carbonyl (C=O) groups is 1. The molecule has 4 nitrogen and oxygen atoms in total. The van der Waals surface area contributed by atoms with Crippen molar-refractivity contribution in [2.45, 2.75) is 32.4 Å². The van der Waals surface area contributed by atoms with Gasteiger partial charge in [0, 0.05) is 25.8 Å². The molecule has 0 saturated heterocycles. The van der Waals surface area contributed by atoms with E-state index in [0.717, 1.165) is 13.0 Å². The van der Waals surface area contributed by atoms with E-state index in [2.05, 4.69) is 35.5 Å². The van der Waals surface area contributed by atoms with Crippen LogP contribution in [0.5, 0.6) is 0 Å². The number of benzene rings is 1. The second kappa shape index (κ2) is 5.40. The summed E-state index contributed by atoms with van der Waals surface area (Å²) >= 11 is 0. The van der Waals surface area contributed by atoms with Crippen molar-refractivity contribution in [1.29, 1.82) is 0 Å². The molecule has 0 aromatic heterocycles. The number of hydrogen-bond donors (Lipinski definition) is 2. The molecule has 4 heteroatoms. The van der Waals surface area contributed by atoms with Crippen LogP contribution in [0.2, 0.25) is 0 Å². The number of hydrogen-bond acceptors (Lipinski definition) is 3.